The average Bonchev–Trinajstić information content (AvgIpc) is 2.85. The van der Waals surface area contributed by atoms with E-state index in [1.165, 1.54) is 24.8 Å². The molecule has 0 saturated heterocycles. The highest BCUT2D eigenvalue weighted by Gasteiger charge is 2.60. The van der Waals surface area contributed by atoms with Crippen LogP contribution in [0.1, 0.15) is 65.7 Å². The second kappa shape index (κ2) is 4.95. The first-order valence-electron chi connectivity index (χ1n) is 9.53. The van der Waals surface area contributed by atoms with Crippen molar-refractivity contribution in [3.8, 4) is 6.07 Å². The predicted octanol–water partition coefficient (Wildman–Crippen LogP) is 4.90. The van der Waals surface area contributed by atoms with E-state index in [2.05, 4.69) is 26.8 Å². The van der Waals surface area contributed by atoms with Crippen molar-refractivity contribution in [3.63, 3.8) is 0 Å². The standard InChI is InChI=1S/C21H29NO/c1-13-10-15-11-16(23)6-8-21(15,3)18-7-9-20(2)14(12-22)4-5-17(20)19(13)18/h11,13-14,17-19H,4-10H2,1-3H3/t13-,14-,17+,18+,19+,20-,21+/m1/s1. The van der Waals surface area contributed by atoms with Crippen molar-refractivity contribution in [1.82, 2.24) is 0 Å². The molecule has 3 saturated carbocycles. The molecule has 2 heteroatoms. The number of hydrogen-bond donors (Lipinski definition) is 0. The van der Waals surface area contributed by atoms with E-state index in [9.17, 15) is 10.1 Å². The van der Waals surface area contributed by atoms with Crippen molar-refractivity contribution < 1.29 is 4.79 Å². The molecule has 0 N–H and O–H groups in total. The Bertz CT molecular complexity index is 614. The van der Waals surface area contributed by atoms with E-state index in [0.29, 0.717) is 11.7 Å². The third kappa shape index (κ3) is 1.95. The molecule has 4 aliphatic carbocycles. The van der Waals surface area contributed by atoms with Gasteiger partial charge in [-0.05, 0) is 79.1 Å². The van der Waals surface area contributed by atoms with Crippen molar-refractivity contribution in [3.05, 3.63) is 11.6 Å². The number of nitriles is 1. The molecule has 2 nitrogen and oxygen atoms in total. The van der Waals surface area contributed by atoms with Gasteiger partial charge in [0.15, 0.2) is 5.78 Å². The Kier molecular flexibility index (Phi) is 3.32. The van der Waals surface area contributed by atoms with E-state index in [1.54, 1.807) is 0 Å². The van der Waals surface area contributed by atoms with Crippen LogP contribution in [0, 0.1) is 51.8 Å². The van der Waals surface area contributed by atoms with Crippen LogP contribution in [0.15, 0.2) is 11.6 Å². The Hall–Kier alpha value is -1.10. The zero-order valence-electron chi connectivity index (χ0n) is 14.8. The molecular formula is C21H29NO. The maximum Gasteiger partial charge on any atom is 0.155 e. The van der Waals surface area contributed by atoms with Crippen LogP contribution in [-0.4, -0.2) is 5.78 Å². The van der Waals surface area contributed by atoms with E-state index in [4.69, 9.17) is 0 Å². The largest absolute Gasteiger partial charge is 0.295 e. The van der Waals surface area contributed by atoms with E-state index < -0.39 is 0 Å². The third-order valence-corrected chi connectivity index (χ3v) is 8.47. The Morgan fingerprint density at radius 1 is 1.17 bits per heavy atom. The summed E-state index contributed by atoms with van der Waals surface area (Å²) >= 11 is 0. The molecule has 0 aromatic rings. The van der Waals surface area contributed by atoms with E-state index >= 15 is 0 Å². The third-order valence-electron chi connectivity index (χ3n) is 8.47. The van der Waals surface area contributed by atoms with E-state index in [-0.39, 0.29) is 16.7 Å². The fourth-order valence-electron chi connectivity index (χ4n) is 7.12. The van der Waals surface area contributed by atoms with Crippen LogP contribution < -0.4 is 0 Å². The van der Waals surface area contributed by atoms with Crippen LogP contribution in [0.25, 0.3) is 0 Å². The molecule has 7 atom stereocenters. The van der Waals surface area contributed by atoms with Gasteiger partial charge < -0.3 is 0 Å². The quantitative estimate of drug-likeness (QED) is 0.638. The second-order valence-corrected chi connectivity index (χ2v) is 9.33. The van der Waals surface area contributed by atoms with Gasteiger partial charge in [0, 0.05) is 6.42 Å². The van der Waals surface area contributed by atoms with Crippen molar-refractivity contribution in [2.45, 2.75) is 65.7 Å². The highest BCUT2D eigenvalue weighted by Crippen LogP contribution is 2.67. The summed E-state index contributed by atoms with van der Waals surface area (Å²) in [5.74, 6) is 3.46. The maximum atomic E-state index is 11.9. The minimum absolute atomic E-state index is 0.242. The topological polar surface area (TPSA) is 40.9 Å². The highest BCUT2D eigenvalue weighted by molar-refractivity contribution is 5.91. The number of carbonyl (C=O) groups is 1. The van der Waals surface area contributed by atoms with Gasteiger partial charge in [-0.3, -0.25) is 4.79 Å². The lowest BCUT2D eigenvalue weighted by atomic mass is 9.45. The SMILES string of the molecule is C[C@@H]1CC2=CC(=O)CC[C@]2(C)[C@H]2CC[C@]3(C)[C@@H](C#N)CC[C@H]3[C@H]12. The molecule has 0 amide bonds. The van der Waals surface area contributed by atoms with Crippen molar-refractivity contribution in [2.75, 3.05) is 0 Å². The van der Waals surface area contributed by atoms with Gasteiger partial charge in [0.2, 0.25) is 0 Å². The Balaban J connectivity index is 1.73. The smallest absolute Gasteiger partial charge is 0.155 e. The summed E-state index contributed by atoms with van der Waals surface area (Å²) in [7, 11) is 0. The van der Waals surface area contributed by atoms with Gasteiger partial charge in [0.1, 0.15) is 0 Å². The van der Waals surface area contributed by atoms with Crippen LogP contribution in [0.2, 0.25) is 0 Å². The summed E-state index contributed by atoms with van der Waals surface area (Å²) in [6.45, 7) is 7.25. The Morgan fingerprint density at radius 2 is 1.96 bits per heavy atom. The van der Waals surface area contributed by atoms with Gasteiger partial charge in [0.05, 0.1) is 12.0 Å². The minimum Gasteiger partial charge on any atom is -0.295 e. The monoisotopic (exact) mass is 311 g/mol. The molecule has 0 radical (unpaired) electrons. The Labute approximate surface area is 140 Å². The first kappa shape index (κ1) is 15.4. The number of nitrogens with zero attached hydrogens (tertiary/aromatic N) is 1. The molecule has 0 unspecified atom stereocenters. The number of hydrogen-bond acceptors (Lipinski definition) is 2. The molecule has 0 spiro atoms. The summed E-state index contributed by atoms with van der Waals surface area (Å²) < 4.78 is 0. The lowest BCUT2D eigenvalue weighted by Crippen LogP contribution is -2.53. The van der Waals surface area contributed by atoms with Crippen LogP contribution >= 0.6 is 0 Å². The lowest BCUT2D eigenvalue weighted by Gasteiger charge is -2.59. The first-order valence-corrected chi connectivity index (χ1v) is 9.53. The van der Waals surface area contributed by atoms with Gasteiger partial charge in [0.25, 0.3) is 0 Å². The molecule has 0 aromatic carbocycles. The van der Waals surface area contributed by atoms with Crippen LogP contribution in [0.3, 0.4) is 0 Å². The molecule has 0 heterocycles. The molecular weight excluding hydrogens is 282 g/mol. The lowest BCUT2D eigenvalue weighted by molar-refractivity contribution is -0.118. The highest BCUT2D eigenvalue weighted by atomic mass is 16.1. The van der Waals surface area contributed by atoms with Gasteiger partial charge in [-0.2, -0.15) is 5.26 Å². The number of ketones is 1. The minimum atomic E-state index is 0.242. The van der Waals surface area contributed by atoms with Gasteiger partial charge in [-0.1, -0.05) is 26.3 Å². The maximum absolute atomic E-state index is 11.9. The number of rotatable bonds is 0. The molecule has 124 valence electrons. The van der Waals surface area contributed by atoms with Gasteiger partial charge in [-0.25, -0.2) is 0 Å². The fourth-order valence-corrected chi connectivity index (χ4v) is 7.12. The predicted molar refractivity (Wildman–Crippen MR) is 90.4 cm³/mol. The zero-order chi connectivity index (χ0) is 16.4. The van der Waals surface area contributed by atoms with Crippen molar-refractivity contribution in [2.24, 2.45) is 40.4 Å². The summed E-state index contributed by atoms with van der Waals surface area (Å²) in [4.78, 5) is 11.9. The summed E-state index contributed by atoms with van der Waals surface area (Å²) in [5, 5.41) is 9.60. The van der Waals surface area contributed by atoms with Crippen molar-refractivity contribution >= 4 is 5.78 Å². The normalized spacial score (nSPS) is 52.0. The van der Waals surface area contributed by atoms with Crippen molar-refractivity contribution in [1.29, 1.82) is 5.26 Å². The summed E-state index contributed by atoms with van der Waals surface area (Å²) in [5.41, 5.74) is 1.93. The number of fused-ring (bicyclic) bond motifs is 5. The molecule has 4 aliphatic rings. The number of carbonyl (C=O) groups excluding carboxylic acids is 1. The number of allylic oxidation sites excluding steroid dienone is 1. The second-order valence-electron chi connectivity index (χ2n) is 9.33. The van der Waals surface area contributed by atoms with Crippen LogP contribution in [-0.2, 0) is 4.79 Å². The summed E-state index contributed by atoms with van der Waals surface area (Å²) in [6.07, 6.45) is 9.70. The fraction of sp³-hybridized carbons (Fsp3) is 0.810. The first-order chi connectivity index (χ1) is 10.9. The van der Waals surface area contributed by atoms with Crippen LogP contribution in [0.4, 0.5) is 0 Å². The average molecular weight is 311 g/mol. The Morgan fingerprint density at radius 3 is 2.70 bits per heavy atom. The molecule has 0 aliphatic heterocycles. The van der Waals surface area contributed by atoms with Gasteiger partial charge >= 0.3 is 0 Å². The molecule has 4 rings (SSSR count). The molecule has 0 aromatic heterocycles. The van der Waals surface area contributed by atoms with Gasteiger partial charge in [-0.15, -0.1) is 0 Å². The molecule has 0 bridgehead atoms. The molecule has 3 fully saturated rings. The van der Waals surface area contributed by atoms with Crippen LogP contribution in [0.5, 0.6) is 0 Å². The van der Waals surface area contributed by atoms with E-state index in [0.717, 1.165) is 43.4 Å². The summed E-state index contributed by atoms with van der Waals surface area (Å²) in [6, 6.07) is 2.63. The zero-order valence-corrected chi connectivity index (χ0v) is 14.8. The van der Waals surface area contributed by atoms with E-state index in [1.807, 2.05) is 6.08 Å². The molecule has 23 heavy (non-hydrogen) atoms.